The fraction of sp³-hybridized carbons (Fsp3) is 0.143. The van der Waals surface area contributed by atoms with Gasteiger partial charge in [-0.15, -0.1) is 0 Å². The van der Waals surface area contributed by atoms with Crippen molar-refractivity contribution in [2.24, 2.45) is 0 Å². The molecule has 0 unspecified atom stereocenters. The van der Waals surface area contributed by atoms with Gasteiger partial charge in [-0.1, -0.05) is 18.2 Å². The summed E-state index contributed by atoms with van der Waals surface area (Å²) >= 11 is 0. The van der Waals surface area contributed by atoms with E-state index >= 15 is 0 Å². The zero-order valence-corrected chi connectivity index (χ0v) is 12.0. The van der Waals surface area contributed by atoms with E-state index in [2.05, 4.69) is 10.0 Å². The zero-order chi connectivity index (χ0) is 14.8. The topological polar surface area (TPSA) is 58.2 Å². The summed E-state index contributed by atoms with van der Waals surface area (Å²) in [4.78, 5) is 0.117. The lowest BCUT2D eigenvalue weighted by molar-refractivity contribution is 0.601. The van der Waals surface area contributed by atoms with Gasteiger partial charge in [0.2, 0.25) is 0 Å². The second kappa shape index (κ2) is 5.50. The van der Waals surface area contributed by atoms with Crippen LogP contribution in [0.4, 0.5) is 15.8 Å². The minimum absolute atomic E-state index is 0.117. The molecule has 0 fully saturated rings. The van der Waals surface area contributed by atoms with Crippen LogP contribution in [0.3, 0.4) is 0 Å². The van der Waals surface area contributed by atoms with Gasteiger partial charge in [0, 0.05) is 7.05 Å². The number of rotatable bonds is 4. The standard InChI is InChI=1S/C14H15FN2O2S/c1-10-7-8-11(15)9-13(10)17-20(18,19)14-6-4-3-5-12(14)16-2/h3-9,16-17H,1-2H3. The van der Waals surface area contributed by atoms with Crippen LogP contribution in [0.1, 0.15) is 5.56 Å². The monoisotopic (exact) mass is 294 g/mol. The Morgan fingerprint density at radius 3 is 2.45 bits per heavy atom. The van der Waals surface area contributed by atoms with Crippen LogP contribution in [-0.4, -0.2) is 15.5 Å². The Morgan fingerprint density at radius 2 is 1.75 bits per heavy atom. The predicted octanol–water partition coefficient (Wildman–Crippen LogP) is 2.98. The third kappa shape index (κ3) is 2.91. The van der Waals surface area contributed by atoms with E-state index in [-0.39, 0.29) is 10.6 Å². The van der Waals surface area contributed by atoms with Crippen molar-refractivity contribution >= 4 is 21.4 Å². The van der Waals surface area contributed by atoms with E-state index in [1.54, 1.807) is 32.2 Å². The van der Waals surface area contributed by atoms with Gasteiger partial charge in [0.1, 0.15) is 10.7 Å². The molecule has 0 aliphatic carbocycles. The zero-order valence-electron chi connectivity index (χ0n) is 11.1. The summed E-state index contributed by atoms with van der Waals surface area (Å²) in [5.41, 5.74) is 1.36. The second-order valence-electron chi connectivity index (χ2n) is 4.31. The van der Waals surface area contributed by atoms with Crippen molar-refractivity contribution in [3.63, 3.8) is 0 Å². The van der Waals surface area contributed by atoms with Crippen LogP contribution in [0.15, 0.2) is 47.4 Å². The Kier molecular flexibility index (Phi) is 3.94. The molecular weight excluding hydrogens is 279 g/mol. The first-order valence-electron chi connectivity index (χ1n) is 6.00. The van der Waals surface area contributed by atoms with E-state index in [0.29, 0.717) is 11.3 Å². The van der Waals surface area contributed by atoms with Crippen molar-refractivity contribution in [1.82, 2.24) is 0 Å². The van der Waals surface area contributed by atoms with Crippen molar-refractivity contribution in [2.75, 3.05) is 17.1 Å². The van der Waals surface area contributed by atoms with Gasteiger partial charge in [-0.25, -0.2) is 12.8 Å². The molecule has 0 aliphatic heterocycles. The summed E-state index contributed by atoms with van der Waals surface area (Å²) in [5.74, 6) is -0.491. The molecule has 2 rings (SSSR count). The van der Waals surface area contributed by atoms with E-state index in [9.17, 15) is 12.8 Å². The number of para-hydroxylation sites is 1. The third-order valence-corrected chi connectivity index (χ3v) is 4.31. The molecule has 0 heterocycles. The highest BCUT2D eigenvalue weighted by Gasteiger charge is 2.18. The minimum Gasteiger partial charge on any atom is -0.387 e. The van der Waals surface area contributed by atoms with Gasteiger partial charge >= 0.3 is 0 Å². The van der Waals surface area contributed by atoms with E-state index in [1.165, 1.54) is 18.2 Å². The number of halogens is 1. The van der Waals surface area contributed by atoms with Gasteiger partial charge in [-0.3, -0.25) is 4.72 Å². The van der Waals surface area contributed by atoms with Crippen molar-refractivity contribution in [3.05, 3.63) is 53.8 Å². The van der Waals surface area contributed by atoms with Crippen LogP contribution in [0, 0.1) is 12.7 Å². The molecule has 0 atom stereocenters. The van der Waals surface area contributed by atoms with Crippen LogP contribution in [-0.2, 0) is 10.0 Å². The highest BCUT2D eigenvalue weighted by molar-refractivity contribution is 7.92. The van der Waals surface area contributed by atoms with Crippen molar-refractivity contribution in [3.8, 4) is 0 Å². The summed E-state index contributed by atoms with van der Waals surface area (Å²) in [5, 5.41) is 2.82. The highest BCUT2D eigenvalue weighted by atomic mass is 32.2. The highest BCUT2D eigenvalue weighted by Crippen LogP contribution is 2.25. The summed E-state index contributed by atoms with van der Waals surface area (Å²) in [6.45, 7) is 1.71. The van der Waals surface area contributed by atoms with Crippen LogP contribution >= 0.6 is 0 Å². The van der Waals surface area contributed by atoms with E-state index in [4.69, 9.17) is 0 Å². The lowest BCUT2D eigenvalue weighted by Gasteiger charge is -2.13. The Balaban J connectivity index is 2.43. The molecule has 2 N–H and O–H groups in total. The molecule has 0 radical (unpaired) electrons. The molecule has 6 heteroatoms. The number of benzene rings is 2. The van der Waals surface area contributed by atoms with Crippen LogP contribution in [0.25, 0.3) is 0 Å². The summed E-state index contributed by atoms with van der Waals surface area (Å²) < 4.78 is 40.4. The van der Waals surface area contributed by atoms with Gasteiger partial charge in [-0.2, -0.15) is 0 Å². The first kappa shape index (κ1) is 14.3. The fourth-order valence-corrected chi connectivity index (χ4v) is 3.15. The molecule has 0 saturated heterocycles. The molecule has 0 aliphatic rings. The predicted molar refractivity (Wildman–Crippen MR) is 77.9 cm³/mol. The largest absolute Gasteiger partial charge is 0.387 e. The lowest BCUT2D eigenvalue weighted by Crippen LogP contribution is -2.15. The van der Waals surface area contributed by atoms with Crippen LogP contribution < -0.4 is 10.0 Å². The van der Waals surface area contributed by atoms with Crippen molar-refractivity contribution < 1.29 is 12.8 Å². The Hall–Kier alpha value is -2.08. The number of nitrogens with one attached hydrogen (secondary N) is 2. The average Bonchev–Trinajstić information content (AvgIpc) is 2.42. The molecular formula is C14H15FN2O2S. The van der Waals surface area contributed by atoms with Crippen LogP contribution in [0.5, 0.6) is 0 Å². The molecule has 20 heavy (non-hydrogen) atoms. The van der Waals surface area contributed by atoms with Gasteiger partial charge in [-0.05, 0) is 36.8 Å². The van der Waals surface area contributed by atoms with E-state index in [0.717, 1.165) is 6.07 Å². The maximum Gasteiger partial charge on any atom is 0.263 e. The molecule has 106 valence electrons. The molecule has 2 aromatic carbocycles. The SMILES string of the molecule is CNc1ccccc1S(=O)(=O)Nc1cc(F)ccc1C. The summed E-state index contributed by atoms with van der Waals surface area (Å²) in [7, 11) is -2.13. The van der Waals surface area contributed by atoms with Gasteiger partial charge in [0.15, 0.2) is 0 Å². The first-order chi connectivity index (χ1) is 9.44. The maximum atomic E-state index is 13.2. The maximum absolute atomic E-state index is 13.2. The van der Waals surface area contributed by atoms with Gasteiger partial charge < -0.3 is 5.32 Å². The summed E-state index contributed by atoms with van der Waals surface area (Å²) in [6, 6.07) is 10.5. The number of anilines is 2. The third-order valence-electron chi connectivity index (χ3n) is 2.89. The molecule has 0 aromatic heterocycles. The van der Waals surface area contributed by atoms with E-state index < -0.39 is 15.8 Å². The number of hydrogen-bond donors (Lipinski definition) is 2. The molecule has 0 saturated carbocycles. The normalized spacial score (nSPS) is 11.2. The van der Waals surface area contributed by atoms with E-state index in [1.807, 2.05) is 0 Å². The Labute approximate surface area is 117 Å². The van der Waals surface area contributed by atoms with Gasteiger partial charge in [0.25, 0.3) is 10.0 Å². The number of sulfonamides is 1. The average molecular weight is 294 g/mol. The molecule has 2 aromatic rings. The molecule has 4 nitrogen and oxygen atoms in total. The fourth-order valence-electron chi connectivity index (χ4n) is 1.81. The lowest BCUT2D eigenvalue weighted by atomic mass is 10.2. The Bertz CT molecular complexity index is 730. The number of aryl methyl sites for hydroxylation is 1. The smallest absolute Gasteiger partial charge is 0.263 e. The Morgan fingerprint density at radius 1 is 1.05 bits per heavy atom. The number of hydrogen-bond acceptors (Lipinski definition) is 3. The molecule has 0 spiro atoms. The molecule has 0 amide bonds. The summed E-state index contributed by atoms with van der Waals surface area (Å²) in [6.07, 6.45) is 0. The van der Waals surface area contributed by atoms with Crippen molar-refractivity contribution in [1.29, 1.82) is 0 Å². The first-order valence-corrected chi connectivity index (χ1v) is 7.48. The minimum atomic E-state index is -3.77. The molecule has 0 bridgehead atoms. The van der Waals surface area contributed by atoms with Crippen LogP contribution in [0.2, 0.25) is 0 Å². The van der Waals surface area contributed by atoms with Crippen molar-refractivity contribution in [2.45, 2.75) is 11.8 Å². The second-order valence-corrected chi connectivity index (χ2v) is 5.96. The quantitative estimate of drug-likeness (QED) is 0.911. The van der Waals surface area contributed by atoms with Gasteiger partial charge in [0.05, 0.1) is 11.4 Å².